The molecule has 1 saturated carbocycles. The number of anilines is 1. The number of benzene rings is 2. The average Bonchev–Trinajstić information content (AvgIpc) is 2.92. The van der Waals surface area contributed by atoms with Crippen LogP contribution < -0.4 is 19.1 Å². The Morgan fingerprint density at radius 3 is 2.23 bits per heavy atom. The standard InChI is InChI=1S/C28H38FN3O6S/c1-5-24(28(34)30-22-9-7-6-8-10-22)31(18-20-11-13-21(29)14-12-20)27(33)19-32(39(4,35)36)23-15-16-25(37-2)26(17-23)38-3/h11-17,22,24H,5-10,18-19H2,1-4H3,(H,30,34). The highest BCUT2D eigenvalue weighted by molar-refractivity contribution is 7.92. The van der Waals surface area contributed by atoms with Crippen LogP contribution in [0.15, 0.2) is 42.5 Å². The first-order valence-electron chi connectivity index (χ1n) is 13.1. The number of halogens is 1. The van der Waals surface area contributed by atoms with E-state index in [2.05, 4.69) is 5.32 Å². The molecule has 2 amide bonds. The lowest BCUT2D eigenvalue weighted by Gasteiger charge is -2.34. The van der Waals surface area contributed by atoms with Gasteiger partial charge in [0.05, 0.1) is 26.2 Å². The first-order chi connectivity index (χ1) is 18.6. The summed E-state index contributed by atoms with van der Waals surface area (Å²) in [5.74, 6) is -0.556. The van der Waals surface area contributed by atoms with Gasteiger partial charge in [0.25, 0.3) is 0 Å². The van der Waals surface area contributed by atoms with Gasteiger partial charge in [-0.05, 0) is 49.1 Å². The van der Waals surface area contributed by atoms with E-state index in [4.69, 9.17) is 9.47 Å². The Bertz CT molecular complexity index is 1230. The minimum atomic E-state index is -3.91. The first-order valence-corrected chi connectivity index (χ1v) is 15.0. The van der Waals surface area contributed by atoms with Crippen LogP contribution >= 0.6 is 0 Å². The molecule has 1 fully saturated rings. The van der Waals surface area contributed by atoms with Crippen LogP contribution in [0.3, 0.4) is 0 Å². The van der Waals surface area contributed by atoms with Gasteiger partial charge in [-0.25, -0.2) is 12.8 Å². The van der Waals surface area contributed by atoms with Crippen LogP contribution in [0.2, 0.25) is 0 Å². The van der Waals surface area contributed by atoms with Crippen LogP contribution in [0.25, 0.3) is 0 Å². The number of carbonyl (C=O) groups excluding carboxylic acids is 2. The molecule has 0 bridgehead atoms. The van der Waals surface area contributed by atoms with Gasteiger partial charge in [-0.15, -0.1) is 0 Å². The molecule has 0 aromatic heterocycles. The molecule has 2 aromatic rings. The summed E-state index contributed by atoms with van der Waals surface area (Å²) in [7, 11) is -1.01. The van der Waals surface area contributed by atoms with Crippen molar-refractivity contribution in [1.29, 1.82) is 0 Å². The maximum Gasteiger partial charge on any atom is 0.244 e. The van der Waals surface area contributed by atoms with Gasteiger partial charge in [0.1, 0.15) is 18.4 Å². The molecule has 2 aromatic carbocycles. The number of hydrogen-bond donors (Lipinski definition) is 1. The zero-order valence-corrected chi connectivity index (χ0v) is 23.8. The van der Waals surface area contributed by atoms with Crippen molar-refractivity contribution in [2.75, 3.05) is 31.3 Å². The molecule has 0 heterocycles. The summed E-state index contributed by atoms with van der Waals surface area (Å²) >= 11 is 0. The lowest BCUT2D eigenvalue weighted by atomic mass is 9.95. The summed E-state index contributed by atoms with van der Waals surface area (Å²) < 4.78 is 50.8. The van der Waals surface area contributed by atoms with E-state index in [0.717, 1.165) is 42.7 Å². The molecule has 1 aliphatic carbocycles. The van der Waals surface area contributed by atoms with Crippen molar-refractivity contribution in [3.8, 4) is 11.5 Å². The van der Waals surface area contributed by atoms with Crippen LogP contribution in [0.4, 0.5) is 10.1 Å². The number of ether oxygens (including phenoxy) is 2. The van der Waals surface area contributed by atoms with Crippen molar-refractivity contribution < 1.29 is 31.9 Å². The predicted octanol–water partition coefficient (Wildman–Crippen LogP) is 3.87. The Kier molecular flexibility index (Phi) is 10.6. The van der Waals surface area contributed by atoms with Crippen LogP contribution in [-0.4, -0.2) is 64.2 Å². The molecule has 214 valence electrons. The summed E-state index contributed by atoms with van der Waals surface area (Å²) in [4.78, 5) is 28.6. The zero-order chi connectivity index (χ0) is 28.6. The summed E-state index contributed by atoms with van der Waals surface area (Å²) in [6.07, 6.45) is 6.30. The highest BCUT2D eigenvalue weighted by atomic mass is 32.2. The number of carbonyl (C=O) groups is 2. The number of sulfonamides is 1. The Balaban J connectivity index is 1.94. The number of hydrogen-bond acceptors (Lipinski definition) is 6. The van der Waals surface area contributed by atoms with Gasteiger partial charge >= 0.3 is 0 Å². The molecule has 3 rings (SSSR count). The third kappa shape index (κ3) is 8.08. The topological polar surface area (TPSA) is 105 Å². The predicted molar refractivity (Wildman–Crippen MR) is 148 cm³/mol. The second-order valence-corrected chi connectivity index (χ2v) is 11.6. The SMILES string of the molecule is CCC(C(=O)NC1CCCCC1)N(Cc1ccc(F)cc1)C(=O)CN(c1ccc(OC)c(OC)c1)S(C)(=O)=O. The van der Waals surface area contributed by atoms with Crippen LogP contribution in [0.1, 0.15) is 51.0 Å². The number of methoxy groups -OCH3 is 2. The summed E-state index contributed by atoms with van der Waals surface area (Å²) in [6.45, 7) is 1.28. The van der Waals surface area contributed by atoms with E-state index >= 15 is 0 Å². The van der Waals surface area contributed by atoms with E-state index in [-0.39, 0.29) is 24.2 Å². The van der Waals surface area contributed by atoms with Gasteiger partial charge in [-0.2, -0.15) is 0 Å². The average molecular weight is 564 g/mol. The molecule has 11 heteroatoms. The molecule has 1 atom stereocenters. The molecular weight excluding hydrogens is 525 g/mol. The van der Waals surface area contributed by atoms with E-state index in [1.54, 1.807) is 25.1 Å². The molecule has 0 spiro atoms. The van der Waals surface area contributed by atoms with E-state index in [1.165, 1.54) is 43.4 Å². The van der Waals surface area contributed by atoms with Crippen molar-refractivity contribution in [3.63, 3.8) is 0 Å². The van der Waals surface area contributed by atoms with Crippen LogP contribution in [-0.2, 0) is 26.2 Å². The zero-order valence-electron chi connectivity index (χ0n) is 23.0. The molecule has 0 radical (unpaired) electrons. The monoisotopic (exact) mass is 563 g/mol. The largest absolute Gasteiger partial charge is 0.493 e. The fourth-order valence-corrected chi connectivity index (χ4v) is 5.69. The third-order valence-corrected chi connectivity index (χ3v) is 8.08. The third-order valence-electron chi connectivity index (χ3n) is 6.94. The molecular formula is C28H38FN3O6S. The Morgan fingerprint density at radius 2 is 1.67 bits per heavy atom. The highest BCUT2D eigenvalue weighted by Gasteiger charge is 2.33. The minimum Gasteiger partial charge on any atom is -0.493 e. The maximum atomic E-state index is 13.8. The summed E-state index contributed by atoms with van der Waals surface area (Å²) in [5.41, 5.74) is 0.829. The van der Waals surface area contributed by atoms with Crippen LogP contribution in [0.5, 0.6) is 11.5 Å². The lowest BCUT2D eigenvalue weighted by molar-refractivity contribution is -0.140. The summed E-state index contributed by atoms with van der Waals surface area (Å²) in [6, 6.07) is 9.42. The second kappa shape index (κ2) is 13.6. The van der Waals surface area contributed by atoms with Gasteiger partial charge in [0.2, 0.25) is 21.8 Å². The molecule has 0 saturated heterocycles. The lowest BCUT2D eigenvalue weighted by Crippen LogP contribution is -2.53. The molecule has 1 N–H and O–H groups in total. The normalized spacial score (nSPS) is 14.8. The van der Waals surface area contributed by atoms with Gasteiger partial charge < -0.3 is 19.7 Å². The molecule has 39 heavy (non-hydrogen) atoms. The fraction of sp³-hybridized carbons (Fsp3) is 0.500. The van der Waals surface area contributed by atoms with Crippen molar-refractivity contribution in [2.24, 2.45) is 0 Å². The van der Waals surface area contributed by atoms with Gasteiger partial charge in [0, 0.05) is 18.7 Å². The van der Waals surface area contributed by atoms with Crippen LogP contribution in [0, 0.1) is 5.82 Å². The molecule has 9 nitrogen and oxygen atoms in total. The Labute approximate surface area is 230 Å². The molecule has 1 unspecified atom stereocenters. The van der Waals surface area contributed by atoms with E-state index in [9.17, 15) is 22.4 Å². The maximum absolute atomic E-state index is 13.8. The minimum absolute atomic E-state index is 0.0131. The fourth-order valence-electron chi connectivity index (χ4n) is 4.84. The highest BCUT2D eigenvalue weighted by Crippen LogP contribution is 2.32. The van der Waals surface area contributed by atoms with E-state index in [1.807, 2.05) is 0 Å². The van der Waals surface area contributed by atoms with Crippen molar-refractivity contribution in [1.82, 2.24) is 10.2 Å². The van der Waals surface area contributed by atoms with E-state index < -0.39 is 34.3 Å². The van der Waals surface area contributed by atoms with E-state index in [0.29, 0.717) is 23.5 Å². The number of nitrogens with zero attached hydrogens (tertiary/aromatic N) is 2. The quantitative estimate of drug-likeness (QED) is 0.421. The number of rotatable bonds is 12. The second-order valence-electron chi connectivity index (χ2n) is 9.72. The van der Waals surface area contributed by atoms with Crippen molar-refractivity contribution in [3.05, 3.63) is 53.8 Å². The van der Waals surface area contributed by atoms with Gasteiger partial charge in [-0.3, -0.25) is 13.9 Å². The number of amides is 2. The molecule has 1 aliphatic rings. The summed E-state index contributed by atoms with van der Waals surface area (Å²) in [5, 5.41) is 3.09. The first kappa shape index (κ1) is 30.2. The smallest absolute Gasteiger partial charge is 0.244 e. The Hall–Kier alpha value is -3.34. The Morgan fingerprint density at radius 1 is 1.03 bits per heavy atom. The van der Waals surface area contributed by atoms with Crippen molar-refractivity contribution >= 4 is 27.5 Å². The van der Waals surface area contributed by atoms with Crippen molar-refractivity contribution in [2.45, 2.75) is 64.1 Å². The van der Waals surface area contributed by atoms with Gasteiger partial charge in [0.15, 0.2) is 11.5 Å². The molecule has 0 aliphatic heterocycles. The number of nitrogens with one attached hydrogen (secondary N) is 1. The van der Waals surface area contributed by atoms with Gasteiger partial charge in [-0.1, -0.05) is 38.3 Å².